The first kappa shape index (κ1) is 11.7. The molecule has 1 unspecified atom stereocenters. The lowest BCUT2D eigenvalue weighted by molar-refractivity contribution is -0.146. The molecule has 0 fully saturated rings. The van der Waals surface area contributed by atoms with E-state index >= 15 is 0 Å². The smallest absolute Gasteiger partial charge is 0.332 e. The average Bonchev–Trinajstić information content (AvgIpc) is 2.18. The van der Waals surface area contributed by atoms with Gasteiger partial charge in [0.2, 0.25) is 0 Å². The fourth-order valence-electron chi connectivity index (χ4n) is 1.53. The van der Waals surface area contributed by atoms with Crippen LogP contribution >= 0.6 is 0 Å². The lowest BCUT2D eigenvalue weighted by Crippen LogP contribution is -2.22. The van der Waals surface area contributed by atoms with Crippen molar-refractivity contribution in [3.05, 3.63) is 34.4 Å². The number of benzene rings is 1. The van der Waals surface area contributed by atoms with Gasteiger partial charge in [-0.25, -0.2) is 4.79 Å². The molecule has 0 saturated carbocycles. The zero-order valence-electron chi connectivity index (χ0n) is 9.24. The summed E-state index contributed by atoms with van der Waals surface area (Å²) in [6, 6.07) is 3.83. The van der Waals surface area contributed by atoms with Gasteiger partial charge in [-0.15, -0.1) is 0 Å². The molecule has 82 valence electrons. The summed E-state index contributed by atoms with van der Waals surface area (Å²) in [5.41, 5.74) is 4.30. The highest BCUT2D eigenvalue weighted by Gasteiger charge is 2.15. The molecule has 1 atom stereocenters. The van der Waals surface area contributed by atoms with Crippen molar-refractivity contribution in [1.29, 1.82) is 0 Å². The van der Waals surface area contributed by atoms with Crippen LogP contribution in [0.2, 0.25) is 0 Å². The largest absolute Gasteiger partial charge is 0.479 e. The van der Waals surface area contributed by atoms with E-state index in [4.69, 9.17) is 5.11 Å². The summed E-state index contributed by atoms with van der Waals surface area (Å²) in [6.45, 7) is 5.97. The Morgan fingerprint density at radius 2 is 1.87 bits per heavy atom. The molecule has 0 aliphatic rings. The summed E-state index contributed by atoms with van der Waals surface area (Å²) in [5, 5.41) is 17.9. The summed E-state index contributed by atoms with van der Waals surface area (Å²) in [5.74, 6) is -1.17. The maximum atomic E-state index is 10.5. The molecule has 0 bridgehead atoms. The number of aliphatic hydroxyl groups excluding tert-OH is 1. The van der Waals surface area contributed by atoms with Crippen molar-refractivity contribution >= 4 is 5.97 Å². The van der Waals surface area contributed by atoms with E-state index in [1.807, 2.05) is 32.9 Å². The molecular formula is C12H16O3. The van der Waals surface area contributed by atoms with Gasteiger partial charge in [0.15, 0.2) is 6.10 Å². The monoisotopic (exact) mass is 208 g/mol. The highest BCUT2D eigenvalue weighted by atomic mass is 16.4. The van der Waals surface area contributed by atoms with Crippen molar-refractivity contribution in [3.8, 4) is 0 Å². The van der Waals surface area contributed by atoms with E-state index in [0.29, 0.717) is 0 Å². The molecule has 3 heteroatoms. The second kappa shape index (κ2) is 4.45. The van der Waals surface area contributed by atoms with Crippen LogP contribution in [-0.2, 0) is 11.2 Å². The quantitative estimate of drug-likeness (QED) is 0.793. The molecule has 2 N–H and O–H groups in total. The zero-order valence-corrected chi connectivity index (χ0v) is 9.24. The normalized spacial score (nSPS) is 12.5. The van der Waals surface area contributed by atoms with Crippen molar-refractivity contribution in [2.45, 2.75) is 33.3 Å². The predicted molar refractivity (Wildman–Crippen MR) is 58.0 cm³/mol. The number of hydrogen-bond donors (Lipinski definition) is 2. The SMILES string of the molecule is Cc1ccc(CC(O)C(=O)O)c(C)c1C. The van der Waals surface area contributed by atoms with Gasteiger partial charge in [0.25, 0.3) is 0 Å². The van der Waals surface area contributed by atoms with Crippen molar-refractivity contribution in [3.63, 3.8) is 0 Å². The fourth-order valence-corrected chi connectivity index (χ4v) is 1.53. The Hall–Kier alpha value is -1.35. The summed E-state index contributed by atoms with van der Waals surface area (Å²) >= 11 is 0. The zero-order chi connectivity index (χ0) is 11.6. The molecule has 1 aromatic rings. The van der Waals surface area contributed by atoms with Gasteiger partial charge in [-0.1, -0.05) is 12.1 Å². The fraction of sp³-hybridized carbons (Fsp3) is 0.417. The number of carboxylic acids is 1. The molecule has 0 aromatic heterocycles. The first-order valence-corrected chi connectivity index (χ1v) is 4.90. The Balaban J connectivity index is 2.97. The van der Waals surface area contributed by atoms with E-state index in [2.05, 4.69) is 0 Å². The minimum Gasteiger partial charge on any atom is -0.479 e. The molecule has 0 heterocycles. The van der Waals surface area contributed by atoms with Gasteiger partial charge in [0.05, 0.1) is 0 Å². The van der Waals surface area contributed by atoms with Crippen LogP contribution in [0.25, 0.3) is 0 Å². The number of aliphatic hydroxyl groups is 1. The number of rotatable bonds is 3. The van der Waals surface area contributed by atoms with Gasteiger partial charge < -0.3 is 10.2 Å². The minimum atomic E-state index is -1.31. The second-order valence-corrected chi connectivity index (χ2v) is 3.85. The van der Waals surface area contributed by atoms with Crippen molar-refractivity contribution in [1.82, 2.24) is 0 Å². The van der Waals surface area contributed by atoms with Crippen LogP contribution in [0.3, 0.4) is 0 Å². The minimum absolute atomic E-state index is 0.169. The van der Waals surface area contributed by atoms with Crippen molar-refractivity contribution in [2.75, 3.05) is 0 Å². The first-order valence-electron chi connectivity index (χ1n) is 4.90. The maximum Gasteiger partial charge on any atom is 0.332 e. The highest BCUT2D eigenvalue weighted by Crippen LogP contribution is 2.18. The standard InChI is InChI=1S/C12H16O3/c1-7-4-5-10(9(3)8(7)2)6-11(13)12(14)15/h4-5,11,13H,6H2,1-3H3,(H,14,15). The lowest BCUT2D eigenvalue weighted by atomic mass is 9.95. The number of hydrogen-bond acceptors (Lipinski definition) is 2. The molecule has 0 saturated heterocycles. The van der Waals surface area contributed by atoms with E-state index in [0.717, 1.165) is 16.7 Å². The van der Waals surface area contributed by atoms with Gasteiger partial charge in [0.1, 0.15) is 0 Å². The van der Waals surface area contributed by atoms with E-state index in [9.17, 15) is 9.90 Å². The van der Waals surface area contributed by atoms with Crippen molar-refractivity contribution < 1.29 is 15.0 Å². The molecular weight excluding hydrogens is 192 g/mol. The molecule has 0 spiro atoms. The number of aliphatic carboxylic acids is 1. The van der Waals surface area contributed by atoms with E-state index in [1.165, 1.54) is 5.56 Å². The number of carboxylic acid groups (broad SMARTS) is 1. The maximum absolute atomic E-state index is 10.5. The Bertz CT molecular complexity index is 383. The summed E-state index contributed by atoms with van der Waals surface area (Å²) in [4.78, 5) is 10.5. The van der Waals surface area contributed by atoms with Crippen molar-refractivity contribution in [2.24, 2.45) is 0 Å². The van der Waals surface area contributed by atoms with Crippen LogP contribution in [0.5, 0.6) is 0 Å². The van der Waals surface area contributed by atoms with Crippen LogP contribution < -0.4 is 0 Å². The molecule has 3 nitrogen and oxygen atoms in total. The van der Waals surface area contributed by atoms with E-state index < -0.39 is 12.1 Å². The molecule has 0 amide bonds. The third-order valence-corrected chi connectivity index (χ3v) is 2.87. The lowest BCUT2D eigenvalue weighted by Gasteiger charge is -2.12. The molecule has 15 heavy (non-hydrogen) atoms. The highest BCUT2D eigenvalue weighted by molar-refractivity contribution is 5.72. The van der Waals surface area contributed by atoms with Gasteiger partial charge in [-0.05, 0) is 43.0 Å². The van der Waals surface area contributed by atoms with Crippen LogP contribution in [0.15, 0.2) is 12.1 Å². The van der Waals surface area contributed by atoms with Crippen LogP contribution in [0, 0.1) is 20.8 Å². The van der Waals surface area contributed by atoms with E-state index in [-0.39, 0.29) is 6.42 Å². The van der Waals surface area contributed by atoms with Gasteiger partial charge in [0, 0.05) is 6.42 Å². The van der Waals surface area contributed by atoms with Gasteiger partial charge in [-0.2, -0.15) is 0 Å². The van der Waals surface area contributed by atoms with Crippen LogP contribution in [0.4, 0.5) is 0 Å². The predicted octanol–water partition coefficient (Wildman–Crippen LogP) is 1.60. The summed E-state index contributed by atoms with van der Waals surface area (Å²) < 4.78 is 0. The average molecular weight is 208 g/mol. The molecule has 0 aliphatic carbocycles. The third-order valence-electron chi connectivity index (χ3n) is 2.87. The Morgan fingerprint density at radius 3 is 2.40 bits per heavy atom. The molecule has 1 aromatic carbocycles. The Morgan fingerprint density at radius 1 is 1.27 bits per heavy atom. The van der Waals surface area contributed by atoms with E-state index in [1.54, 1.807) is 0 Å². The van der Waals surface area contributed by atoms with Gasteiger partial charge >= 0.3 is 5.97 Å². The number of carbonyl (C=O) groups is 1. The Labute approximate surface area is 89.4 Å². The van der Waals surface area contributed by atoms with Gasteiger partial charge in [-0.3, -0.25) is 0 Å². The van der Waals surface area contributed by atoms with Crippen LogP contribution in [0.1, 0.15) is 22.3 Å². The number of aryl methyl sites for hydroxylation is 1. The Kier molecular flexibility index (Phi) is 3.48. The molecule has 0 aliphatic heterocycles. The molecule has 1 rings (SSSR count). The third kappa shape index (κ3) is 2.57. The first-order chi connectivity index (χ1) is 6.93. The molecule has 0 radical (unpaired) electrons. The second-order valence-electron chi connectivity index (χ2n) is 3.85. The summed E-state index contributed by atoms with van der Waals surface area (Å²) in [6.07, 6.45) is -1.15. The topological polar surface area (TPSA) is 57.5 Å². The summed E-state index contributed by atoms with van der Waals surface area (Å²) in [7, 11) is 0. The van der Waals surface area contributed by atoms with Crippen LogP contribution in [-0.4, -0.2) is 22.3 Å².